The molecule has 0 saturated carbocycles. The van der Waals surface area contributed by atoms with Gasteiger partial charge in [-0.2, -0.15) is 0 Å². The maximum Gasteiger partial charge on any atom is 0.335 e. The number of nitrogens with zero attached hydrogens (tertiary/aromatic N) is 2. The predicted octanol–water partition coefficient (Wildman–Crippen LogP) is 3.96. The third kappa shape index (κ3) is 4.92. The molecule has 0 bridgehead atoms. The van der Waals surface area contributed by atoms with Crippen LogP contribution in [-0.4, -0.2) is 32.2 Å². The zero-order valence-electron chi connectivity index (χ0n) is 14.5. The Morgan fingerprint density at radius 2 is 1.81 bits per heavy atom. The number of anilines is 1. The standard InChI is InChI=1S/C20H17N3O3S/c1-13(19(24)23-16-9-5-8-15(10-16)20(25)26)27-18-11-17(21-12-22-18)14-6-3-2-4-7-14/h2-13H,1H3,(H,23,24)(H,25,26)/t13-/m1/s1. The molecule has 0 radical (unpaired) electrons. The predicted molar refractivity (Wildman–Crippen MR) is 105 cm³/mol. The maximum atomic E-state index is 12.4. The molecule has 0 aliphatic heterocycles. The second kappa shape index (κ2) is 8.46. The molecule has 0 aliphatic rings. The minimum absolute atomic E-state index is 0.122. The molecule has 27 heavy (non-hydrogen) atoms. The van der Waals surface area contributed by atoms with E-state index in [0.29, 0.717) is 10.7 Å². The second-order valence-corrected chi connectivity index (χ2v) is 7.10. The summed E-state index contributed by atoms with van der Waals surface area (Å²) in [5.74, 6) is -1.27. The van der Waals surface area contributed by atoms with Gasteiger partial charge in [-0.3, -0.25) is 4.79 Å². The Morgan fingerprint density at radius 1 is 1.04 bits per heavy atom. The number of rotatable bonds is 6. The van der Waals surface area contributed by atoms with E-state index in [2.05, 4.69) is 15.3 Å². The van der Waals surface area contributed by atoms with Gasteiger partial charge in [-0.25, -0.2) is 14.8 Å². The molecule has 0 spiro atoms. The summed E-state index contributed by atoms with van der Waals surface area (Å²) in [5, 5.41) is 12.0. The summed E-state index contributed by atoms with van der Waals surface area (Å²) < 4.78 is 0. The highest BCUT2D eigenvalue weighted by Crippen LogP contribution is 2.25. The fraction of sp³-hybridized carbons (Fsp3) is 0.100. The highest BCUT2D eigenvalue weighted by molar-refractivity contribution is 8.00. The molecule has 0 unspecified atom stereocenters. The van der Waals surface area contributed by atoms with Crippen molar-refractivity contribution >= 4 is 29.3 Å². The van der Waals surface area contributed by atoms with E-state index in [1.807, 2.05) is 36.4 Å². The van der Waals surface area contributed by atoms with Crippen molar-refractivity contribution in [3.63, 3.8) is 0 Å². The van der Waals surface area contributed by atoms with E-state index in [4.69, 9.17) is 5.11 Å². The minimum Gasteiger partial charge on any atom is -0.478 e. The Morgan fingerprint density at radius 3 is 2.56 bits per heavy atom. The van der Waals surface area contributed by atoms with Crippen molar-refractivity contribution in [2.24, 2.45) is 0 Å². The molecular formula is C20H17N3O3S. The Bertz CT molecular complexity index is 963. The summed E-state index contributed by atoms with van der Waals surface area (Å²) in [5.41, 5.74) is 2.33. The third-order valence-electron chi connectivity index (χ3n) is 3.76. The number of thioether (sulfide) groups is 1. The summed E-state index contributed by atoms with van der Waals surface area (Å²) in [4.78, 5) is 32.0. The molecule has 7 heteroatoms. The lowest BCUT2D eigenvalue weighted by Crippen LogP contribution is -2.22. The van der Waals surface area contributed by atoms with Crippen LogP contribution in [0.1, 0.15) is 17.3 Å². The fourth-order valence-electron chi connectivity index (χ4n) is 2.38. The van der Waals surface area contributed by atoms with Crippen LogP contribution in [0.25, 0.3) is 11.3 Å². The first-order valence-corrected chi connectivity index (χ1v) is 9.09. The number of carbonyl (C=O) groups excluding carboxylic acids is 1. The average Bonchev–Trinajstić information content (AvgIpc) is 2.69. The van der Waals surface area contributed by atoms with Gasteiger partial charge in [0, 0.05) is 11.3 Å². The van der Waals surface area contributed by atoms with Crippen molar-refractivity contribution in [3.05, 3.63) is 72.6 Å². The largest absolute Gasteiger partial charge is 0.478 e. The summed E-state index contributed by atoms with van der Waals surface area (Å²) in [6.45, 7) is 1.77. The number of benzene rings is 2. The molecule has 3 rings (SSSR count). The number of hydrogen-bond acceptors (Lipinski definition) is 5. The van der Waals surface area contributed by atoms with Crippen molar-refractivity contribution in [1.82, 2.24) is 9.97 Å². The van der Waals surface area contributed by atoms with Crippen LogP contribution in [0.2, 0.25) is 0 Å². The highest BCUT2D eigenvalue weighted by Gasteiger charge is 2.16. The number of carboxylic acid groups (broad SMARTS) is 1. The molecule has 0 aliphatic carbocycles. The van der Waals surface area contributed by atoms with Crippen LogP contribution in [0.4, 0.5) is 5.69 Å². The van der Waals surface area contributed by atoms with Crippen molar-refractivity contribution in [3.8, 4) is 11.3 Å². The van der Waals surface area contributed by atoms with Gasteiger partial charge >= 0.3 is 5.97 Å². The number of amides is 1. The molecule has 6 nitrogen and oxygen atoms in total. The molecule has 0 saturated heterocycles. The molecule has 1 amide bonds. The van der Waals surface area contributed by atoms with Crippen LogP contribution in [0.15, 0.2) is 72.0 Å². The first-order valence-electron chi connectivity index (χ1n) is 8.21. The third-order valence-corrected chi connectivity index (χ3v) is 4.79. The number of aromatic nitrogens is 2. The van der Waals surface area contributed by atoms with E-state index in [-0.39, 0.29) is 11.5 Å². The number of hydrogen-bond donors (Lipinski definition) is 2. The normalized spacial score (nSPS) is 11.6. The minimum atomic E-state index is -1.04. The number of aromatic carboxylic acids is 1. The monoisotopic (exact) mass is 379 g/mol. The number of nitrogens with one attached hydrogen (secondary N) is 1. The summed E-state index contributed by atoms with van der Waals surface area (Å²) in [7, 11) is 0. The summed E-state index contributed by atoms with van der Waals surface area (Å²) in [6, 6.07) is 17.7. The first-order chi connectivity index (χ1) is 13.0. The van der Waals surface area contributed by atoms with Crippen LogP contribution in [-0.2, 0) is 4.79 Å². The SMILES string of the molecule is C[C@@H](Sc1cc(-c2ccccc2)ncn1)C(=O)Nc1cccc(C(=O)O)c1. The van der Waals surface area contributed by atoms with Crippen molar-refractivity contribution < 1.29 is 14.7 Å². The zero-order valence-corrected chi connectivity index (χ0v) is 15.3. The lowest BCUT2D eigenvalue weighted by molar-refractivity contribution is -0.115. The van der Waals surface area contributed by atoms with Gasteiger partial charge in [0.15, 0.2) is 0 Å². The van der Waals surface area contributed by atoms with Gasteiger partial charge in [-0.05, 0) is 31.2 Å². The first kappa shape index (κ1) is 18.6. The van der Waals surface area contributed by atoms with Crippen molar-refractivity contribution in [2.75, 3.05) is 5.32 Å². The molecule has 1 atom stereocenters. The fourth-order valence-corrected chi connectivity index (χ4v) is 3.20. The maximum absolute atomic E-state index is 12.4. The Balaban J connectivity index is 1.68. The molecule has 136 valence electrons. The zero-order chi connectivity index (χ0) is 19.2. The van der Waals surface area contributed by atoms with Gasteiger partial charge in [-0.1, -0.05) is 48.2 Å². The summed E-state index contributed by atoms with van der Waals surface area (Å²) in [6.07, 6.45) is 1.48. The van der Waals surface area contributed by atoms with Crippen LogP contribution in [0.3, 0.4) is 0 Å². The Kier molecular flexibility index (Phi) is 5.83. The molecule has 0 fully saturated rings. The van der Waals surface area contributed by atoms with Gasteiger partial charge in [0.1, 0.15) is 11.4 Å². The summed E-state index contributed by atoms with van der Waals surface area (Å²) >= 11 is 1.31. The lowest BCUT2D eigenvalue weighted by Gasteiger charge is -2.12. The van der Waals surface area contributed by atoms with Crippen LogP contribution in [0, 0.1) is 0 Å². The smallest absolute Gasteiger partial charge is 0.335 e. The average molecular weight is 379 g/mol. The van der Waals surface area contributed by atoms with Crippen LogP contribution in [0.5, 0.6) is 0 Å². The van der Waals surface area contributed by atoms with E-state index < -0.39 is 11.2 Å². The Hall–Kier alpha value is -3.19. The topological polar surface area (TPSA) is 92.2 Å². The second-order valence-electron chi connectivity index (χ2n) is 5.74. The number of carbonyl (C=O) groups is 2. The number of carboxylic acids is 1. The quantitative estimate of drug-likeness (QED) is 0.497. The molecule has 1 heterocycles. The van der Waals surface area contributed by atoms with Gasteiger partial charge in [0.2, 0.25) is 5.91 Å². The van der Waals surface area contributed by atoms with Gasteiger partial charge in [0.25, 0.3) is 0 Å². The van der Waals surface area contributed by atoms with Crippen LogP contribution < -0.4 is 5.32 Å². The Labute approximate surface area is 160 Å². The van der Waals surface area contributed by atoms with E-state index in [1.165, 1.54) is 30.2 Å². The molecule has 1 aromatic heterocycles. The lowest BCUT2D eigenvalue weighted by atomic mass is 10.1. The van der Waals surface area contributed by atoms with E-state index in [0.717, 1.165) is 11.3 Å². The van der Waals surface area contributed by atoms with Crippen molar-refractivity contribution in [2.45, 2.75) is 17.2 Å². The van der Waals surface area contributed by atoms with E-state index in [1.54, 1.807) is 19.1 Å². The molecular weight excluding hydrogens is 362 g/mol. The van der Waals surface area contributed by atoms with E-state index >= 15 is 0 Å². The van der Waals surface area contributed by atoms with Gasteiger partial charge in [0.05, 0.1) is 16.5 Å². The molecule has 2 aromatic carbocycles. The van der Waals surface area contributed by atoms with Crippen molar-refractivity contribution in [1.29, 1.82) is 0 Å². The van der Waals surface area contributed by atoms with E-state index in [9.17, 15) is 9.59 Å². The van der Waals surface area contributed by atoms with Gasteiger partial charge in [-0.15, -0.1) is 0 Å². The highest BCUT2D eigenvalue weighted by atomic mass is 32.2. The van der Waals surface area contributed by atoms with Crippen LogP contribution >= 0.6 is 11.8 Å². The molecule has 3 aromatic rings. The molecule has 2 N–H and O–H groups in total. The van der Waals surface area contributed by atoms with Gasteiger partial charge < -0.3 is 10.4 Å².